The Kier molecular flexibility index (Phi) is 4.25. The predicted molar refractivity (Wildman–Crippen MR) is 107 cm³/mol. The van der Waals surface area contributed by atoms with E-state index in [1.807, 2.05) is 43.3 Å². The van der Waals surface area contributed by atoms with E-state index in [4.69, 9.17) is 0 Å². The molecule has 4 heteroatoms. The molecule has 0 aromatic heterocycles. The molecular formula is C23H27FN2O. The number of likely N-dealkylation sites (tertiary alicyclic amines) is 1. The summed E-state index contributed by atoms with van der Waals surface area (Å²) in [5.41, 5.74) is 2.60. The number of carbonyl (C=O) groups is 1. The normalized spacial score (nSPS) is 24.0. The number of benzene rings is 2. The largest absolute Gasteiger partial charge is 0.364 e. The number of halogens is 1. The summed E-state index contributed by atoms with van der Waals surface area (Å²) in [6, 6.07) is 14.6. The molecule has 0 saturated carbocycles. The van der Waals surface area contributed by atoms with Crippen molar-refractivity contribution in [1.29, 1.82) is 0 Å². The Labute approximate surface area is 160 Å². The van der Waals surface area contributed by atoms with Gasteiger partial charge >= 0.3 is 0 Å². The van der Waals surface area contributed by atoms with Crippen molar-refractivity contribution < 1.29 is 9.18 Å². The lowest BCUT2D eigenvalue weighted by Gasteiger charge is -2.35. The van der Waals surface area contributed by atoms with E-state index in [0.29, 0.717) is 0 Å². The SMILES string of the molecule is Cc1ccccc1C(=O)N1CCCC12CN(c1ccc(F)cc1)C(C)(C)C2. The van der Waals surface area contributed by atoms with E-state index in [1.165, 1.54) is 12.1 Å². The van der Waals surface area contributed by atoms with Gasteiger partial charge in [-0.25, -0.2) is 4.39 Å². The van der Waals surface area contributed by atoms with E-state index in [2.05, 4.69) is 23.6 Å². The Bertz CT molecular complexity index is 861. The fourth-order valence-corrected chi connectivity index (χ4v) is 5.09. The summed E-state index contributed by atoms with van der Waals surface area (Å²) in [6.45, 7) is 8.04. The Morgan fingerprint density at radius 3 is 2.48 bits per heavy atom. The lowest BCUT2D eigenvalue weighted by atomic mass is 9.87. The van der Waals surface area contributed by atoms with Gasteiger partial charge in [0.1, 0.15) is 5.82 Å². The zero-order valence-corrected chi connectivity index (χ0v) is 16.3. The smallest absolute Gasteiger partial charge is 0.254 e. The Morgan fingerprint density at radius 1 is 1.07 bits per heavy atom. The minimum absolute atomic E-state index is 0.0908. The van der Waals surface area contributed by atoms with Gasteiger partial charge in [0.2, 0.25) is 0 Å². The second-order valence-electron chi connectivity index (χ2n) is 8.65. The standard InChI is InChI=1S/C23H27FN2O/c1-17-7-4-5-8-20(17)21(27)25-14-6-13-23(25)15-22(2,3)26(16-23)19-11-9-18(24)10-12-19/h4-5,7-12H,6,13-16H2,1-3H3. The number of hydrogen-bond donors (Lipinski definition) is 0. The van der Waals surface area contributed by atoms with Crippen LogP contribution in [0.4, 0.5) is 10.1 Å². The van der Waals surface area contributed by atoms with E-state index in [0.717, 1.165) is 49.2 Å². The first-order chi connectivity index (χ1) is 12.8. The van der Waals surface area contributed by atoms with Crippen LogP contribution >= 0.6 is 0 Å². The maximum absolute atomic E-state index is 13.4. The molecule has 2 aromatic carbocycles. The monoisotopic (exact) mass is 366 g/mol. The molecular weight excluding hydrogens is 339 g/mol. The highest BCUT2D eigenvalue weighted by atomic mass is 19.1. The molecule has 2 saturated heterocycles. The van der Waals surface area contributed by atoms with Crippen LogP contribution in [0.1, 0.15) is 49.0 Å². The van der Waals surface area contributed by atoms with Crippen LogP contribution in [0.25, 0.3) is 0 Å². The van der Waals surface area contributed by atoms with Crippen LogP contribution in [0.5, 0.6) is 0 Å². The van der Waals surface area contributed by atoms with Crippen molar-refractivity contribution in [3.8, 4) is 0 Å². The predicted octanol–water partition coefficient (Wildman–Crippen LogP) is 4.80. The summed E-state index contributed by atoms with van der Waals surface area (Å²) in [7, 11) is 0. The fraction of sp³-hybridized carbons (Fsp3) is 0.435. The molecule has 1 amide bonds. The number of hydrogen-bond acceptors (Lipinski definition) is 2. The molecule has 2 heterocycles. The molecule has 2 aliphatic heterocycles. The maximum atomic E-state index is 13.4. The number of carbonyl (C=O) groups excluding carboxylic acids is 1. The van der Waals surface area contributed by atoms with E-state index < -0.39 is 0 Å². The lowest BCUT2D eigenvalue weighted by molar-refractivity contribution is 0.0616. The summed E-state index contributed by atoms with van der Waals surface area (Å²) < 4.78 is 13.4. The van der Waals surface area contributed by atoms with Gasteiger partial charge in [-0.1, -0.05) is 18.2 Å². The van der Waals surface area contributed by atoms with Crippen molar-refractivity contribution in [3.05, 3.63) is 65.5 Å². The van der Waals surface area contributed by atoms with Gasteiger partial charge in [0, 0.05) is 29.9 Å². The summed E-state index contributed by atoms with van der Waals surface area (Å²) in [5.74, 6) is -0.0787. The van der Waals surface area contributed by atoms with Crippen LogP contribution in [0.2, 0.25) is 0 Å². The second kappa shape index (κ2) is 6.36. The van der Waals surface area contributed by atoms with Gasteiger partial charge in [0.25, 0.3) is 5.91 Å². The van der Waals surface area contributed by atoms with Crippen molar-refractivity contribution >= 4 is 11.6 Å². The molecule has 0 bridgehead atoms. The van der Waals surface area contributed by atoms with Gasteiger partial charge in [-0.05, 0) is 75.9 Å². The van der Waals surface area contributed by atoms with Crippen LogP contribution in [-0.4, -0.2) is 35.0 Å². The second-order valence-corrected chi connectivity index (χ2v) is 8.65. The third-order valence-corrected chi connectivity index (χ3v) is 6.30. The molecule has 1 spiro atoms. The summed E-state index contributed by atoms with van der Waals surface area (Å²) in [4.78, 5) is 17.8. The highest BCUT2D eigenvalue weighted by Gasteiger charge is 2.54. The van der Waals surface area contributed by atoms with Gasteiger partial charge in [0.05, 0.1) is 5.54 Å². The first-order valence-corrected chi connectivity index (χ1v) is 9.73. The molecule has 2 aliphatic rings. The molecule has 2 aromatic rings. The van der Waals surface area contributed by atoms with E-state index in [-0.39, 0.29) is 22.8 Å². The summed E-state index contributed by atoms with van der Waals surface area (Å²) in [5, 5.41) is 0. The summed E-state index contributed by atoms with van der Waals surface area (Å²) >= 11 is 0. The Morgan fingerprint density at radius 2 is 1.78 bits per heavy atom. The average molecular weight is 366 g/mol. The molecule has 1 unspecified atom stereocenters. The molecule has 4 rings (SSSR count). The molecule has 0 radical (unpaired) electrons. The first kappa shape index (κ1) is 18.0. The molecule has 0 aliphatic carbocycles. The number of rotatable bonds is 2. The number of nitrogens with zero attached hydrogens (tertiary/aromatic N) is 2. The highest BCUT2D eigenvalue weighted by molar-refractivity contribution is 5.96. The van der Waals surface area contributed by atoms with Crippen LogP contribution in [0, 0.1) is 12.7 Å². The number of aryl methyl sites for hydroxylation is 1. The van der Waals surface area contributed by atoms with Crippen molar-refractivity contribution in [2.45, 2.75) is 51.1 Å². The quantitative estimate of drug-likeness (QED) is 0.762. The van der Waals surface area contributed by atoms with Crippen molar-refractivity contribution in [2.24, 2.45) is 0 Å². The molecule has 0 N–H and O–H groups in total. The summed E-state index contributed by atoms with van der Waals surface area (Å²) in [6.07, 6.45) is 2.98. The van der Waals surface area contributed by atoms with Gasteiger partial charge in [0.15, 0.2) is 0 Å². The van der Waals surface area contributed by atoms with Gasteiger partial charge in [-0.2, -0.15) is 0 Å². The molecule has 3 nitrogen and oxygen atoms in total. The minimum Gasteiger partial charge on any atom is -0.364 e. The van der Waals surface area contributed by atoms with Crippen LogP contribution in [0.3, 0.4) is 0 Å². The molecule has 142 valence electrons. The molecule has 27 heavy (non-hydrogen) atoms. The van der Waals surface area contributed by atoms with Crippen molar-refractivity contribution in [2.75, 3.05) is 18.0 Å². The van der Waals surface area contributed by atoms with Crippen LogP contribution in [0.15, 0.2) is 48.5 Å². The van der Waals surface area contributed by atoms with E-state index in [9.17, 15) is 9.18 Å². The lowest BCUT2D eigenvalue weighted by Crippen LogP contribution is -2.49. The van der Waals surface area contributed by atoms with Crippen LogP contribution in [-0.2, 0) is 0 Å². The zero-order chi connectivity index (χ0) is 19.2. The third-order valence-electron chi connectivity index (χ3n) is 6.30. The van der Waals surface area contributed by atoms with Gasteiger partial charge in [-0.15, -0.1) is 0 Å². The van der Waals surface area contributed by atoms with Crippen molar-refractivity contribution in [3.63, 3.8) is 0 Å². The first-order valence-electron chi connectivity index (χ1n) is 9.73. The Balaban J connectivity index is 1.67. The molecule has 1 atom stereocenters. The van der Waals surface area contributed by atoms with Crippen LogP contribution < -0.4 is 4.90 Å². The highest BCUT2D eigenvalue weighted by Crippen LogP contribution is 2.47. The topological polar surface area (TPSA) is 23.6 Å². The van der Waals surface area contributed by atoms with Crippen molar-refractivity contribution in [1.82, 2.24) is 4.90 Å². The Hall–Kier alpha value is -2.36. The number of amides is 1. The minimum atomic E-state index is -0.220. The average Bonchev–Trinajstić information content (AvgIpc) is 3.15. The molecule has 2 fully saturated rings. The maximum Gasteiger partial charge on any atom is 0.254 e. The fourth-order valence-electron chi connectivity index (χ4n) is 5.09. The van der Waals surface area contributed by atoms with E-state index >= 15 is 0 Å². The van der Waals surface area contributed by atoms with Gasteiger partial charge in [-0.3, -0.25) is 4.79 Å². The zero-order valence-electron chi connectivity index (χ0n) is 16.3. The van der Waals surface area contributed by atoms with E-state index in [1.54, 1.807) is 0 Å². The third kappa shape index (κ3) is 3.01. The number of anilines is 1. The van der Waals surface area contributed by atoms with Gasteiger partial charge < -0.3 is 9.80 Å².